The Labute approximate surface area is 175 Å². The van der Waals surface area contributed by atoms with Gasteiger partial charge in [-0.3, -0.25) is 0 Å². The zero-order valence-electron chi connectivity index (χ0n) is 18.9. The van der Waals surface area contributed by atoms with Gasteiger partial charge in [0.2, 0.25) is 0 Å². The predicted octanol–water partition coefficient (Wildman–Crippen LogP) is 7.42. The molecule has 5 heteroatoms. The summed E-state index contributed by atoms with van der Waals surface area (Å²) in [5.41, 5.74) is 0. The summed E-state index contributed by atoms with van der Waals surface area (Å²) in [4.78, 5) is 0. The van der Waals surface area contributed by atoms with Crippen LogP contribution >= 0.6 is 25.9 Å². The second-order valence-corrected chi connectivity index (χ2v) is 18.7. The van der Waals surface area contributed by atoms with Crippen molar-refractivity contribution in [1.82, 2.24) is 5.32 Å². The van der Waals surface area contributed by atoms with Gasteiger partial charge in [-0.2, -0.15) is 0 Å². The van der Waals surface area contributed by atoms with Crippen molar-refractivity contribution in [1.29, 1.82) is 0 Å². The molecular weight excluding hydrogens is 415 g/mol. The van der Waals surface area contributed by atoms with Gasteiger partial charge in [-0.15, -0.1) is 0 Å². The van der Waals surface area contributed by atoms with Crippen LogP contribution < -0.4 is 5.32 Å². The standard InChI is InChI=1S/C20H45NP2.ClH.Cu/c1-17(2,3)22(18(4,5)6)15-13-21-14-16-23(19(7,8)9)20(10,11)12;;/h21H,13-16H2,1-12H3;1H;/q;;+1/p-1. The van der Waals surface area contributed by atoms with Crippen LogP contribution in [0.3, 0.4) is 0 Å². The third kappa shape index (κ3) is 12.7. The van der Waals surface area contributed by atoms with Gasteiger partial charge in [0.25, 0.3) is 0 Å². The van der Waals surface area contributed by atoms with Crippen LogP contribution in [0.2, 0.25) is 0 Å². The monoisotopic (exact) mass is 459 g/mol. The van der Waals surface area contributed by atoms with E-state index in [0.717, 1.165) is 0 Å². The van der Waals surface area contributed by atoms with E-state index in [1.54, 1.807) is 0 Å². The van der Waals surface area contributed by atoms with Crippen molar-refractivity contribution in [2.45, 2.75) is 104 Å². The van der Waals surface area contributed by atoms with Crippen LogP contribution in [-0.2, 0) is 15.1 Å². The molecule has 0 aromatic heterocycles. The van der Waals surface area contributed by atoms with E-state index in [1.807, 2.05) is 0 Å². The summed E-state index contributed by atoms with van der Waals surface area (Å²) in [6, 6.07) is 0. The number of halogens is 1. The first kappa shape index (κ1) is 28.8. The Morgan fingerprint density at radius 1 is 0.560 bits per heavy atom. The first-order chi connectivity index (χ1) is 11.0. The molecule has 0 fully saturated rings. The van der Waals surface area contributed by atoms with Crippen molar-refractivity contribution in [3.05, 3.63) is 0 Å². The molecule has 0 aliphatic carbocycles. The molecule has 0 amide bonds. The van der Waals surface area contributed by atoms with Crippen LogP contribution in [0.5, 0.6) is 0 Å². The summed E-state index contributed by atoms with van der Waals surface area (Å²) in [6.07, 6.45) is 2.68. The van der Waals surface area contributed by atoms with Crippen molar-refractivity contribution in [2.75, 3.05) is 25.4 Å². The van der Waals surface area contributed by atoms with Gasteiger partial charge in [0.05, 0.1) is 0 Å². The molecule has 0 saturated carbocycles. The first-order valence-corrected chi connectivity index (χ1v) is 13.7. The van der Waals surface area contributed by atoms with E-state index in [4.69, 9.17) is 0 Å². The quantitative estimate of drug-likeness (QED) is 0.247. The molecule has 0 aliphatic rings. The summed E-state index contributed by atoms with van der Waals surface area (Å²) in [7, 11) is 4.25. The van der Waals surface area contributed by atoms with Crippen molar-refractivity contribution in [2.24, 2.45) is 0 Å². The second-order valence-electron chi connectivity index (χ2n) is 10.7. The van der Waals surface area contributed by atoms with Crippen molar-refractivity contribution in [3.8, 4) is 0 Å². The Morgan fingerprint density at radius 3 is 0.920 bits per heavy atom. The van der Waals surface area contributed by atoms with Gasteiger partial charge in [-0.05, 0) is 46.0 Å². The van der Waals surface area contributed by atoms with Crippen molar-refractivity contribution in [3.63, 3.8) is 0 Å². The number of hydrogen-bond acceptors (Lipinski definition) is 1. The first-order valence-electron chi connectivity index (χ1n) is 9.35. The summed E-state index contributed by atoms with van der Waals surface area (Å²) in [5.74, 6) is 0. The second kappa shape index (κ2) is 11.6. The van der Waals surface area contributed by atoms with Crippen LogP contribution in [0.25, 0.3) is 0 Å². The predicted molar refractivity (Wildman–Crippen MR) is 121 cm³/mol. The van der Waals surface area contributed by atoms with E-state index in [-0.39, 0.29) is 15.8 Å². The van der Waals surface area contributed by atoms with Gasteiger partial charge < -0.3 is 5.32 Å². The summed E-state index contributed by atoms with van der Waals surface area (Å²) < 4.78 is 0. The van der Waals surface area contributed by atoms with Gasteiger partial charge in [0.15, 0.2) is 0 Å². The summed E-state index contributed by atoms with van der Waals surface area (Å²) >= 11 is 3.66. The number of rotatable bonds is 6. The fourth-order valence-electron chi connectivity index (χ4n) is 3.86. The van der Waals surface area contributed by atoms with Crippen LogP contribution in [0.1, 0.15) is 83.1 Å². The Kier molecular flexibility index (Phi) is 13.4. The van der Waals surface area contributed by atoms with Crippen LogP contribution in [0.15, 0.2) is 0 Å². The Bertz CT molecular complexity index is 287. The van der Waals surface area contributed by atoms with Gasteiger partial charge in [0, 0.05) is 0 Å². The molecule has 0 unspecified atom stereocenters. The maximum atomic E-state index is 4.20. The molecule has 0 aromatic carbocycles. The molecule has 25 heavy (non-hydrogen) atoms. The number of hydrogen-bond donors (Lipinski definition) is 1. The Hall–Kier alpha value is 1.63. The van der Waals surface area contributed by atoms with Crippen molar-refractivity contribution >= 4 is 25.9 Å². The van der Waals surface area contributed by atoms with Crippen molar-refractivity contribution < 1.29 is 15.1 Å². The fourth-order valence-corrected chi connectivity index (χ4v) is 11.3. The van der Waals surface area contributed by atoms with Gasteiger partial charge in [-0.25, -0.2) is 0 Å². The zero-order chi connectivity index (χ0) is 20.7. The molecule has 0 aliphatic heterocycles. The molecule has 0 aromatic rings. The maximum absolute atomic E-state index is 4.20. The SMILES string of the molecule is CC(C)(C)P(CCNCCP(C(C)(C)C)C(C)(C)C)C(C)(C)C.[Cl][Cu]. The van der Waals surface area contributed by atoms with Gasteiger partial charge in [-0.1, -0.05) is 98.9 Å². The molecular formula is C20H45ClCuNP2. The van der Waals surface area contributed by atoms with E-state index in [1.165, 1.54) is 25.4 Å². The van der Waals surface area contributed by atoms with Gasteiger partial charge in [0.1, 0.15) is 0 Å². The molecule has 158 valence electrons. The Morgan fingerprint density at radius 2 is 0.760 bits per heavy atom. The molecule has 0 radical (unpaired) electrons. The van der Waals surface area contributed by atoms with E-state index in [0.29, 0.717) is 20.6 Å². The molecule has 0 spiro atoms. The van der Waals surface area contributed by atoms with E-state index >= 15 is 0 Å². The molecule has 0 rings (SSSR count). The summed E-state index contributed by atoms with van der Waals surface area (Å²) in [6.45, 7) is 31.4. The average molecular weight is 461 g/mol. The molecule has 1 nitrogen and oxygen atoms in total. The molecule has 1 N–H and O–H groups in total. The van der Waals surface area contributed by atoms with E-state index in [2.05, 4.69) is 114 Å². The molecule has 0 saturated heterocycles. The van der Waals surface area contributed by atoms with E-state index < -0.39 is 0 Å². The molecule has 0 bridgehead atoms. The fraction of sp³-hybridized carbons (Fsp3) is 1.00. The van der Waals surface area contributed by atoms with E-state index in [9.17, 15) is 0 Å². The minimum atomic E-state index is 0.0229. The summed E-state index contributed by atoms with van der Waals surface area (Å²) in [5, 5.41) is 5.54. The van der Waals surface area contributed by atoms with Gasteiger partial charge >= 0.3 is 25.2 Å². The minimum absolute atomic E-state index is 0.0229. The molecule has 0 heterocycles. The topological polar surface area (TPSA) is 12.0 Å². The third-order valence-corrected chi connectivity index (χ3v) is 12.1. The number of nitrogens with one attached hydrogen (secondary N) is 1. The molecule has 0 atom stereocenters. The third-order valence-electron chi connectivity index (χ3n) is 4.26. The normalized spacial score (nSPS) is 14.0. The van der Waals surface area contributed by atoms with Crippen LogP contribution in [-0.4, -0.2) is 46.0 Å². The van der Waals surface area contributed by atoms with Crippen LogP contribution in [0.4, 0.5) is 0 Å². The van der Waals surface area contributed by atoms with Crippen LogP contribution in [0, 0.1) is 0 Å². The average Bonchev–Trinajstić information content (AvgIpc) is 2.33. The Balaban J connectivity index is 0. The zero-order valence-corrected chi connectivity index (χ0v) is 22.4.